The first-order valence-electron chi connectivity index (χ1n) is 2.33. The van der Waals surface area contributed by atoms with Crippen molar-refractivity contribution in [2.75, 3.05) is 0 Å². The lowest BCUT2D eigenvalue weighted by Crippen LogP contribution is -1.61. The normalized spacial score (nSPS) is 10.5. The minimum atomic E-state index is 1.18. The van der Waals surface area contributed by atoms with Crippen molar-refractivity contribution in [1.29, 1.82) is 0 Å². The standard InChI is InChI=1S/C5H4N2S/c1-2-8-7-4-6-3-5(1)7/h1-4H. The van der Waals surface area contributed by atoms with Gasteiger partial charge in [-0.15, -0.1) is 0 Å². The molecule has 2 nitrogen and oxygen atoms in total. The van der Waals surface area contributed by atoms with Crippen LogP contribution in [0.2, 0.25) is 0 Å². The molecule has 0 aliphatic carbocycles. The summed E-state index contributed by atoms with van der Waals surface area (Å²) in [4.78, 5) is 3.93. The van der Waals surface area contributed by atoms with Gasteiger partial charge in [-0.3, -0.25) is 3.79 Å². The van der Waals surface area contributed by atoms with Gasteiger partial charge in [-0.2, -0.15) is 0 Å². The Hall–Kier alpha value is -0.830. The molecule has 0 saturated heterocycles. The third-order valence-corrected chi connectivity index (χ3v) is 1.84. The van der Waals surface area contributed by atoms with Gasteiger partial charge in [0.1, 0.15) is 6.33 Å². The monoisotopic (exact) mass is 124 g/mol. The Kier molecular flexibility index (Phi) is 0.676. The van der Waals surface area contributed by atoms with Crippen LogP contribution in [-0.2, 0) is 0 Å². The quantitative estimate of drug-likeness (QED) is 0.519. The van der Waals surface area contributed by atoms with Crippen molar-refractivity contribution in [3.63, 3.8) is 0 Å². The van der Waals surface area contributed by atoms with E-state index in [0.717, 1.165) is 0 Å². The van der Waals surface area contributed by atoms with Crippen LogP contribution in [0.3, 0.4) is 0 Å². The Morgan fingerprint density at radius 1 is 1.62 bits per heavy atom. The Balaban J connectivity index is 3.06. The van der Waals surface area contributed by atoms with Crippen molar-refractivity contribution >= 4 is 17.0 Å². The van der Waals surface area contributed by atoms with E-state index >= 15 is 0 Å². The van der Waals surface area contributed by atoms with Gasteiger partial charge in [-0.05, 0) is 6.07 Å². The maximum absolute atomic E-state index is 3.93. The molecular weight excluding hydrogens is 120 g/mol. The predicted molar refractivity (Wildman–Crippen MR) is 33.1 cm³/mol. The number of hydrogen-bond donors (Lipinski definition) is 0. The fourth-order valence-corrected chi connectivity index (χ4v) is 1.33. The minimum absolute atomic E-state index is 1.18. The van der Waals surface area contributed by atoms with E-state index in [1.165, 1.54) is 5.52 Å². The third kappa shape index (κ3) is 0.391. The summed E-state index contributed by atoms with van der Waals surface area (Å²) >= 11 is 1.65. The molecule has 40 valence electrons. The van der Waals surface area contributed by atoms with Crippen LogP contribution in [0, 0.1) is 0 Å². The molecule has 0 aromatic carbocycles. The van der Waals surface area contributed by atoms with E-state index in [4.69, 9.17) is 0 Å². The lowest BCUT2D eigenvalue weighted by atomic mass is 10.6. The van der Waals surface area contributed by atoms with Gasteiger partial charge < -0.3 is 0 Å². The molecule has 0 atom stereocenters. The summed E-state index contributed by atoms with van der Waals surface area (Å²) in [6.45, 7) is 0. The van der Waals surface area contributed by atoms with E-state index in [0.29, 0.717) is 0 Å². The third-order valence-electron chi connectivity index (χ3n) is 1.05. The van der Waals surface area contributed by atoms with Gasteiger partial charge in [0.15, 0.2) is 0 Å². The zero-order chi connectivity index (χ0) is 5.40. The second-order valence-corrected chi connectivity index (χ2v) is 2.43. The largest absolute Gasteiger partial charge is 0.254 e. The molecule has 0 amide bonds. The number of hydrogen-bond acceptors (Lipinski definition) is 2. The number of imidazole rings is 1. The molecule has 0 fully saturated rings. The molecule has 0 radical (unpaired) electrons. The Morgan fingerprint density at radius 3 is 3.50 bits per heavy atom. The maximum Gasteiger partial charge on any atom is 0.109 e. The van der Waals surface area contributed by atoms with Crippen LogP contribution in [0.4, 0.5) is 0 Å². The average Bonchev–Trinajstić information content (AvgIpc) is 2.15. The molecule has 0 aliphatic heterocycles. The topological polar surface area (TPSA) is 17.3 Å². The van der Waals surface area contributed by atoms with Crippen LogP contribution in [0.15, 0.2) is 24.0 Å². The van der Waals surface area contributed by atoms with Crippen molar-refractivity contribution in [3.8, 4) is 0 Å². The number of fused-ring (bicyclic) bond motifs is 1. The summed E-state index contributed by atoms with van der Waals surface area (Å²) in [5.74, 6) is 0. The second-order valence-electron chi connectivity index (χ2n) is 1.55. The molecule has 0 unspecified atom stereocenters. The second kappa shape index (κ2) is 1.32. The predicted octanol–water partition coefficient (Wildman–Crippen LogP) is 1.40. The van der Waals surface area contributed by atoms with Gasteiger partial charge in [-0.1, -0.05) is 11.5 Å². The van der Waals surface area contributed by atoms with Gasteiger partial charge in [-0.25, -0.2) is 4.98 Å². The Bertz CT molecular complexity index is 232. The van der Waals surface area contributed by atoms with Crippen LogP contribution >= 0.6 is 11.5 Å². The van der Waals surface area contributed by atoms with Crippen molar-refractivity contribution < 1.29 is 0 Å². The van der Waals surface area contributed by atoms with Crippen molar-refractivity contribution in [1.82, 2.24) is 8.77 Å². The Labute approximate surface area is 50.6 Å². The van der Waals surface area contributed by atoms with Crippen LogP contribution in [0.5, 0.6) is 0 Å². The molecule has 8 heavy (non-hydrogen) atoms. The fourth-order valence-electron chi connectivity index (χ4n) is 0.664. The first-order valence-corrected chi connectivity index (χ1v) is 3.16. The molecule has 0 aliphatic rings. The highest BCUT2D eigenvalue weighted by Gasteiger charge is 1.88. The van der Waals surface area contributed by atoms with Gasteiger partial charge in [0.05, 0.1) is 11.7 Å². The average molecular weight is 124 g/mol. The minimum Gasteiger partial charge on any atom is -0.254 e. The van der Waals surface area contributed by atoms with Crippen molar-refractivity contribution in [2.45, 2.75) is 0 Å². The molecule has 0 N–H and O–H groups in total. The summed E-state index contributed by atoms with van der Waals surface area (Å²) in [7, 11) is 0. The van der Waals surface area contributed by atoms with E-state index in [1.54, 1.807) is 17.9 Å². The Morgan fingerprint density at radius 2 is 2.62 bits per heavy atom. The zero-order valence-electron chi connectivity index (χ0n) is 4.11. The molecule has 0 bridgehead atoms. The fraction of sp³-hybridized carbons (Fsp3) is 0. The molecule has 2 rings (SSSR count). The van der Waals surface area contributed by atoms with Gasteiger partial charge in [0.25, 0.3) is 0 Å². The highest BCUT2D eigenvalue weighted by Crippen LogP contribution is 2.05. The molecule has 2 heterocycles. The van der Waals surface area contributed by atoms with Crippen LogP contribution in [-0.4, -0.2) is 8.77 Å². The summed E-state index contributed by atoms with van der Waals surface area (Å²) in [6.07, 6.45) is 3.65. The van der Waals surface area contributed by atoms with Gasteiger partial charge in [0.2, 0.25) is 0 Å². The van der Waals surface area contributed by atoms with E-state index in [2.05, 4.69) is 4.98 Å². The summed E-state index contributed by atoms with van der Waals surface area (Å²) in [5, 5.41) is 2.04. The smallest absolute Gasteiger partial charge is 0.109 e. The summed E-state index contributed by atoms with van der Waals surface area (Å²) < 4.78 is 2.01. The number of nitrogens with zero attached hydrogens (tertiary/aromatic N) is 2. The molecule has 3 heteroatoms. The molecule has 2 aromatic heterocycles. The zero-order valence-corrected chi connectivity index (χ0v) is 4.93. The SMILES string of the molecule is c1cc2cncn2s1. The lowest BCUT2D eigenvalue weighted by molar-refractivity contribution is 1.28. The lowest BCUT2D eigenvalue weighted by Gasteiger charge is -1.71. The molecule has 0 spiro atoms. The molecular formula is C5H4N2S. The van der Waals surface area contributed by atoms with E-state index in [1.807, 2.05) is 21.4 Å². The number of rotatable bonds is 0. The van der Waals surface area contributed by atoms with E-state index in [-0.39, 0.29) is 0 Å². The number of aromatic nitrogens is 2. The van der Waals surface area contributed by atoms with Crippen LogP contribution in [0.1, 0.15) is 0 Å². The van der Waals surface area contributed by atoms with Crippen molar-refractivity contribution in [3.05, 3.63) is 24.0 Å². The summed E-state index contributed by atoms with van der Waals surface area (Å²) in [5.41, 5.74) is 1.18. The van der Waals surface area contributed by atoms with E-state index in [9.17, 15) is 0 Å². The van der Waals surface area contributed by atoms with Crippen LogP contribution < -0.4 is 0 Å². The highest BCUT2D eigenvalue weighted by atomic mass is 32.1. The first kappa shape index (κ1) is 4.09. The maximum atomic E-state index is 3.93. The summed E-state index contributed by atoms with van der Waals surface area (Å²) in [6, 6.07) is 2.04. The van der Waals surface area contributed by atoms with Crippen molar-refractivity contribution in [2.24, 2.45) is 0 Å². The van der Waals surface area contributed by atoms with Gasteiger partial charge in [0, 0.05) is 5.38 Å². The van der Waals surface area contributed by atoms with Gasteiger partial charge >= 0.3 is 0 Å². The molecule has 2 aromatic rings. The van der Waals surface area contributed by atoms with E-state index < -0.39 is 0 Å². The van der Waals surface area contributed by atoms with Crippen LogP contribution in [0.25, 0.3) is 5.52 Å². The first-order chi connectivity index (χ1) is 3.97. The highest BCUT2D eigenvalue weighted by molar-refractivity contribution is 7.04. The molecule has 0 saturated carbocycles.